The summed E-state index contributed by atoms with van der Waals surface area (Å²) in [4.78, 5) is 4.24. The van der Waals surface area contributed by atoms with Crippen molar-refractivity contribution < 1.29 is 4.74 Å². The van der Waals surface area contributed by atoms with Gasteiger partial charge in [-0.25, -0.2) is 4.98 Å². The maximum Gasteiger partial charge on any atom is 0.126 e. The average Bonchev–Trinajstić information content (AvgIpc) is 2.25. The quantitative estimate of drug-likeness (QED) is 0.772. The molecule has 0 aromatic carbocycles. The highest BCUT2D eigenvalue weighted by Crippen LogP contribution is 2.16. The van der Waals surface area contributed by atoms with Gasteiger partial charge in [0.05, 0.1) is 24.5 Å². The number of nitrogen functional groups attached to an aromatic ring is 1. The summed E-state index contributed by atoms with van der Waals surface area (Å²) in [6, 6.07) is 2.36. The molecule has 3 N–H and O–H groups in total. The highest BCUT2D eigenvalue weighted by Gasteiger charge is 2.13. The summed E-state index contributed by atoms with van der Waals surface area (Å²) < 4.78 is 5.39. The number of rotatable bonds is 2. The number of pyridine rings is 1. The molecule has 0 spiro atoms. The van der Waals surface area contributed by atoms with Crippen LogP contribution in [0.15, 0.2) is 12.3 Å². The molecule has 4 heteroatoms. The molecule has 1 aliphatic rings. The van der Waals surface area contributed by atoms with Crippen molar-refractivity contribution in [3.63, 3.8) is 0 Å². The van der Waals surface area contributed by atoms with Gasteiger partial charge in [0.25, 0.3) is 0 Å². The van der Waals surface area contributed by atoms with Crippen LogP contribution in [0.3, 0.4) is 0 Å². The number of hydrogen-bond donors (Lipinski definition) is 2. The minimum atomic E-state index is 0.384. The third-order valence-corrected chi connectivity index (χ3v) is 2.66. The zero-order valence-corrected chi connectivity index (χ0v) is 8.99. The van der Waals surface area contributed by atoms with Crippen LogP contribution in [-0.2, 0) is 4.74 Å². The van der Waals surface area contributed by atoms with Gasteiger partial charge in [-0.2, -0.15) is 0 Å². The minimum absolute atomic E-state index is 0.384. The van der Waals surface area contributed by atoms with Gasteiger partial charge in [0, 0.05) is 6.61 Å². The van der Waals surface area contributed by atoms with Crippen molar-refractivity contribution in [1.82, 2.24) is 4.98 Å². The molecule has 4 nitrogen and oxygen atoms in total. The Morgan fingerprint density at radius 1 is 1.60 bits per heavy atom. The lowest BCUT2D eigenvalue weighted by Crippen LogP contribution is -2.30. The molecule has 2 heterocycles. The van der Waals surface area contributed by atoms with Crippen LogP contribution in [0.1, 0.15) is 18.4 Å². The Bertz CT molecular complexity index is 335. The number of hydrogen-bond acceptors (Lipinski definition) is 4. The third kappa shape index (κ3) is 2.59. The Morgan fingerprint density at radius 3 is 3.13 bits per heavy atom. The maximum atomic E-state index is 5.71. The normalized spacial score (nSPS) is 21.3. The monoisotopic (exact) mass is 207 g/mol. The van der Waals surface area contributed by atoms with Crippen LogP contribution in [0.25, 0.3) is 0 Å². The van der Waals surface area contributed by atoms with Crippen molar-refractivity contribution in [3.8, 4) is 0 Å². The van der Waals surface area contributed by atoms with Crippen LogP contribution in [0.5, 0.6) is 0 Å². The molecule has 0 saturated carbocycles. The first-order chi connectivity index (χ1) is 7.25. The molecule has 1 saturated heterocycles. The molecule has 0 aliphatic carbocycles. The number of nitrogens with two attached hydrogens (primary N) is 1. The van der Waals surface area contributed by atoms with Crippen molar-refractivity contribution in [1.29, 1.82) is 0 Å². The molecule has 1 atom stereocenters. The molecular weight excluding hydrogens is 190 g/mol. The summed E-state index contributed by atoms with van der Waals surface area (Å²) in [5.74, 6) is 0.886. The van der Waals surface area contributed by atoms with E-state index >= 15 is 0 Å². The smallest absolute Gasteiger partial charge is 0.126 e. The molecule has 15 heavy (non-hydrogen) atoms. The topological polar surface area (TPSA) is 60.2 Å². The highest BCUT2D eigenvalue weighted by molar-refractivity contribution is 5.51. The molecule has 0 amide bonds. The number of nitrogens with one attached hydrogen (secondary N) is 1. The van der Waals surface area contributed by atoms with E-state index in [0.29, 0.717) is 6.04 Å². The lowest BCUT2D eigenvalue weighted by atomic mass is 10.1. The Hall–Kier alpha value is -1.29. The summed E-state index contributed by atoms with van der Waals surface area (Å²) in [6.45, 7) is 3.64. The Kier molecular flexibility index (Phi) is 3.06. The van der Waals surface area contributed by atoms with Gasteiger partial charge in [-0.3, -0.25) is 0 Å². The summed E-state index contributed by atoms with van der Waals surface area (Å²) in [5, 5.41) is 3.36. The van der Waals surface area contributed by atoms with Gasteiger partial charge < -0.3 is 15.8 Å². The standard InChI is InChI=1S/C11H17N3O/c1-8-5-11(13-6-10(8)12)14-9-3-2-4-15-7-9/h5-6,9H,2-4,7,12H2,1H3,(H,13,14). The van der Waals surface area contributed by atoms with Crippen LogP contribution in [0.4, 0.5) is 11.5 Å². The van der Waals surface area contributed by atoms with E-state index in [4.69, 9.17) is 10.5 Å². The first-order valence-corrected chi connectivity index (χ1v) is 5.32. The van der Waals surface area contributed by atoms with Crippen molar-refractivity contribution in [2.75, 3.05) is 24.3 Å². The first kappa shape index (κ1) is 10.2. The molecule has 1 aliphatic heterocycles. The Morgan fingerprint density at radius 2 is 2.47 bits per heavy atom. The fourth-order valence-electron chi connectivity index (χ4n) is 1.71. The summed E-state index contributed by atoms with van der Waals surface area (Å²) in [7, 11) is 0. The second-order valence-corrected chi connectivity index (χ2v) is 3.98. The van der Waals surface area contributed by atoms with Crippen molar-refractivity contribution in [3.05, 3.63) is 17.8 Å². The number of nitrogens with zero attached hydrogens (tertiary/aromatic N) is 1. The first-order valence-electron chi connectivity index (χ1n) is 5.32. The summed E-state index contributed by atoms with van der Waals surface area (Å²) >= 11 is 0. The predicted octanol–water partition coefficient (Wildman–Crippen LogP) is 1.56. The zero-order chi connectivity index (χ0) is 10.7. The fourth-order valence-corrected chi connectivity index (χ4v) is 1.71. The fraction of sp³-hybridized carbons (Fsp3) is 0.545. The van der Waals surface area contributed by atoms with Gasteiger partial charge in [0.1, 0.15) is 5.82 Å². The van der Waals surface area contributed by atoms with Crippen LogP contribution < -0.4 is 11.1 Å². The molecule has 0 radical (unpaired) electrons. The van der Waals surface area contributed by atoms with Crippen LogP contribution in [-0.4, -0.2) is 24.2 Å². The van der Waals surface area contributed by atoms with E-state index in [0.717, 1.165) is 43.1 Å². The van der Waals surface area contributed by atoms with Gasteiger partial charge >= 0.3 is 0 Å². The highest BCUT2D eigenvalue weighted by atomic mass is 16.5. The summed E-state index contributed by atoms with van der Waals surface area (Å²) in [6.07, 6.45) is 3.96. The largest absolute Gasteiger partial charge is 0.397 e. The summed E-state index contributed by atoms with van der Waals surface area (Å²) in [5.41, 5.74) is 7.50. The lowest BCUT2D eigenvalue weighted by Gasteiger charge is -2.23. The SMILES string of the molecule is Cc1cc(NC2CCCOC2)ncc1N. The van der Waals surface area contributed by atoms with Gasteiger partial charge in [-0.1, -0.05) is 0 Å². The second-order valence-electron chi connectivity index (χ2n) is 3.98. The number of anilines is 2. The minimum Gasteiger partial charge on any atom is -0.397 e. The van der Waals surface area contributed by atoms with Crippen molar-refractivity contribution >= 4 is 11.5 Å². The number of ether oxygens (including phenoxy) is 1. The van der Waals surface area contributed by atoms with E-state index in [1.807, 2.05) is 13.0 Å². The van der Waals surface area contributed by atoms with E-state index < -0.39 is 0 Å². The van der Waals surface area contributed by atoms with E-state index in [1.54, 1.807) is 6.20 Å². The van der Waals surface area contributed by atoms with Crippen LogP contribution in [0, 0.1) is 6.92 Å². The molecule has 82 valence electrons. The molecule has 0 bridgehead atoms. The third-order valence-electron chi connectivity index (χ3n) is 2.66. The van der Waals surface area contributed by atoms with Crippen molar-refractivity contribution in [2.24, 2.45) is 0 Å². The van der Waals surface area contributed by atoms with Crippen LogP contribution >= 0.6 is 0 Å². The zero-order valence-electron chi connectivity index (χ0n) is 8.99. The van der Waals surface area contributed by atoms with Crippen molar-refractivity contribution in [2.45, 2.75) is 25.8 Å². The van der Waals surface area contributed by atoms with Gasteiger partial charge in [0.15, 0.2) is 0 Å². The predicted molar refractivity (Wildman–Crippen MR) is 60.9 cm³/mol. The van der Waals surface area contributed by atoms with Gasteiger partial charge in [-0.05, 0) is 31.4 Å². The van der Waals surface area contributed by atoms with Gasteiger partial charge in [-0.15, -0.1) is 0 Å². The average molecular weight is 207 g/mol. The molecule has 2 rings (SSSR count). The van der Waals surface area contributed by atoms with E-state index in [2.05, 4.69) is 10.3 Å². The Balaban J connectivity index is 2.00. The molecule has 1 unspecified atom stereocenters. The number of aryl methyl sites for hydroxylation is 1. The molecule has 1 aromatic rings. The molecular formula is C11H17N3O. The lowest BCUT2D eigenvalue weighted by molar-refractivity contribution is 0.0875. The number of aromatic nitrogens is 1. The van der Waals surface area contributed by atoms with Gasteiger partial charge in [0.2, 0.25) is 0 Å². The Labute approximate surface area is 89.8 Å². The molecule has 1 fully saturated rings. The molecule has 1 aromatic heterocycles. The van der Waals surface area contributed by atoms with Crippen LogP contribution in [0.2, 0.25) is 0 Å². The second kappa shape index (κ2) is 4.49. The van der Waals surface area contributed by atoms with E-state index in [1.165, 1.54) is 0 Å². The van der Waals surface area contributed by atoms with E-state index in [-0.39, 0.29) is 0 Å². The maximum absolute atomic E-state index is 5.71. The van der Waals surface area contributed by atoms with E-state index in [9.17, 15) is 0 Å².